The molecule has 0 amide bonds. The molecule has 18 atom stereocenters. The van der Waals surface area contributed by atoms with Crippen LogP contribution in [0.2, 0.25) is 0 Å². The molecule has 6 heterocycles. The van der Waals surface area contributed by atoms with Crippen LogP contribution in [0.3, 0.4) is 0 Å². The Morgan fingerprint density at radius 2 is 0.616 bits per heavy atom. The van der Waals surface area contributed by atoms with Gasteiger partial charge in [-0.2, -0.15) is 13.2 Å². The van der Waals surface area contributed by atoms with Crippen LogP contribution in [0.5, 0.6) is 0 Å². The topological polar surface area (TPSA) is 50.4 Å². The minimum absolute atomic E-state index is 0.167. The molecule has 6 aliphatic heterocycles. The van der Waals surface area contributed by atoms with E-state index in [-0.39, 0.29) is 23.0 Å². The normalized spacial score (nSPS) is 40.0. The van der Waals surface area contributed by atoms with Gasteiger partial charge in [0.25, 0.3) is 5.92 Å². The highest BCUT2D eigenvalue weighted by molar-refractivity contribution is 5.72. The van der Waals surface area contributed by atoms with Crippen LogP contribution < -0.4 is 10.6 Å². The maximum Gasteiger partial charge on any atom is 0.388 e. The molecule has 6 saturated heterocycles. The number of hydrogen-bond donors (Lipinski definition) is 2. The molecule has 0 spiro atoms. The number of piperidine rings is 2. The Balaban J connectivity index is 0.000000156. The van der Waals surface area contributed by atoms with Crippen LogP contribution in [0.4, 0.5) is 22.0 Å². The number of nitrogens with one attached hydrogen (secondary N) is 2. The van der Waals surface area contributed by atoms with Gasteiger partial charge in [0.1, 0.15) is 5.78 Å². The van der Waals surface area contributed by atoms with E-state index in [0.717, 1.165) is 150 Å². The molecule has 0 aromatic carbocycles. The molecule has 17 fully saturated rings. The van der Waals surface area contributed by atoms with E-state index in [1.165, 1.54) is 181 Å². The summed E-state index contributed by atoms with van der Waals surface area (Å²) in [5, 5.41) is 7.38. The Bertz CT molecular complexity index is 2640. The summed E-state index contributed by atoms with van der Waals surface area (Å²) in [4.78, 5) is 9.44. The highest BCUT2D eigenvalue weighted by atomic mass is 19.4. The highest BCUT2D eigenvalue weighted by Gasteiger charge is 2.72. The first-order valence-electron chi connectivity index (χ1n) is 48.0. The van der Waals surface area contributed by atoms with Crippen LogP contribution in [0.1, 0.15) is 413 Å². The summed E-state index contributed by atoms with van der Waals surface area (Å²) in [6, 6.07) is 3.42. The summed E-state index contributed by atoms with van der Waals surface area (Å²) in [5.41, 5.74) is 4.64. The number of ether oxygens (including phenoxy) is 1. The Labute approximate surface area is 690 Å². The number of carbonyl (C=O) groups excluding carboxylic acids is 1. The minimum Gasteiger partial charge on any atom is -0.375 e. The second kappa shape index (κ2) is 37.7. The van der Waals surface area contributed by atoms with Gasteiger partial charge in [0.15, 0.2) is 0 Å². The quantitative estimate of drug-likeness (QED) is 0.187. The molecule has 11 saturated carbocycles. The van der Waals surface area contributed by atoms with Gasteiger partial charge in [-0.1, -0.05) is 219 Å². The van der Waals surface area contributed by atoms with Crippen LogP contribution in [-0.2, 0) is 9.53 Å². The Hall–Kier alpha value is -1.06. The fraction of sp³-hybridized carbons (Fsp3) is 0.971. The zero-order chi connectivity index (χ0) is 83.8. The van der Waals surface area contributed by atoms with Gasteiger partial charge in [0, 0.05) is 42.4 Å². The molecule has 14 bridgehead atoms. The van der Waals surface area contributed by atoms with Crippen LogP contribution >= 0.6 is 0 Å². The van der Waals surface area contributed by atoms with Crippen molar-refractivity contribution < 1.29 is 31.5 Å². The number of allylic oxidation sites excluding steroid dienone is 2. The van der Waals surface area contributed by atoms with Crippen LogP contribution in [0, 0.1) is 173 Å². The predicted molar refractivity (Wildman–Crippen MR) is 468 cm³/mol. The standard InChI is InChI=1S/2C11H21N.C11H20O.3C11H20.C11H18.C10H16F2.C10H18.C3H5F3.C3H6O/c3*1-11(2,3)8-6-9-4-5-10(7-8)12-9;2*1-11(2,3)10-7-8-4-5-9(10)6-8;2*1-11(2,3)10-8-4-5-9(10)7-6-8;1-9(2,3)6-4-7-8(5-6)10(7,11)12;1-10(2,3)9-5-7-4-8(7)6-9;1-2-3(4,5)6;1-3(2)4/h2*8-10,12H,4-7H2,1-3H3;8-10H,4-7H2,1-3H3;3*8-10H,4-7H2,1-3H3;4-5,8-10H,6-7H2,1-3H3;6-8H,4-5H2,1-3H3;7-9H,4-6H2,1-3H3;2H2,1H3;1-2H3. The fourth-order valence-electron chi connectivity index (χ4n) is 26.4. The van der Waals surface area contributed by atoms with E-state index in [2.05, 4.69) is 210 Å². The number of ketones is 1. The lowest BCUT2D eigenvalue weighted by Gasteiger charge is -2.37. The van der Waals surface area contributed by atoms with Crippen LogP contribution in [0.15, 0.2) is 12.2 Å². The number of carbonyl (C=O) groups is 1. The molecule has 18 rings (SSSR count). The molecular formula is C103H185F5N2O2. The van der Waals surface area contributed by atoms with Crippen molar-refractivity contribution in [2.45, 2.75) is 462 Å². The zero-order valence-electron chi connectivity index (χ0n) is 79.1. The second-order valence-corrected chi connectivity index (χ2v) is 51.5. The van der Waals surface area contributed by atoms with Gasteiger partial charge in [-0.05, 0) is 361 Å². The molecule has 18 aliphatic rings. The maximum atomic E-state index is 12.8. The molecular weight excluding hydrogens is 1390 g/mol. The van der Waals surface area contributed by atoms with Crippen LogP contribution in [0.25, 0.3) is 0 Å². The third kappa shape index (κ3) is 28.0. The van der Waals surface area contributed by atoms with E-state index in [9.17, 15) is 26.7 Å². The van der Waals surface area contributed by atoms with E-state index in [0.29, 0.717) is 61.4 Å². The number of fused-ring (bicyclic) bond motifs is 16. The molecule has 2 N–H and O–H groups in total. The first-order chi connectivity index (χ1) is 51.2. The van der Waals surface area contributed by atoms with Crippen molar-refractivity contribution in [2.24, 2.45) is 173 Å². The van der Waals surface area contributed by atoms with Crippen molar-refractivity contribution in [3.05, 3.63) is 12.2 Å². The van der Waals surface area contributed by atoms with Gasteiger partial charge in [0.05, 0.1) is 12.2 Å². The average Bonchev–Trinajstić information content (AvgIpc) is 1.54. The highest BCUT2D eigenvalue weighted by Crippen LogP contribution is 2.68. The Kier molecular flexibility index (Phi) is 32.5. The summed E-state index contributed by atoms with van der Waals surface area (Å²) in [7, 11) is 0. The monoisotopic (exact) mass is 1580 g/mol. The van der Waals surface area contributed by atoms with Gasteiger partial charge in [0.2, 0.25) is 0 Å². The minimum atomic E-state index is -3.96. The van der Waals surface area contributed by atoms with Gasteiger partial charge >= 0.3 is 6.18 Å². The summed E-state index contributed by atoms with van der Waals surface area (Å²) in [6.07, 6.45) is 45.5. The molecule has 0 radical (unpaired) electrons. The molecule has 4 nitrogen and oxygen atoms in total. The summed E-state index contributed by atoms with van der Waals surface area (Å²) in [5.74, 6) is 16.6. The first-order valence-corrected chi connectivity index (χ1v) is 48.0. The molecule has 112 heavy (non-hydrogen) atoms. The predicted octanol–water partition coefficient (Wildman–Crippen LogP) is 30.7. The fourth-order valence-corrected chi connectivity index (χ4v) is 26.4. The maximum absolute atomic E-state index is 12.8. The van der Waals surface area contributed by atoms with Gasteiger partial charge in [-0.3, -0.25) is 0 Å². The molecule has 654 valence electrons. The van der Waals surface area contributed by atoms with Crippen molar-refractivity contribution in [1.82, 2.24) is 10.6 Å². The third-order valence-electron chi connectivity index (χ3n) is 33.3. The average molecular weight is 1580 g/mol. The summed E-state index contributed by atoms with van der Waals surface area (Å²) < 4.78 is 63.8. The van der Waals surface area contributed by atoms with Crippen molar-refractivity contribution in [1.29, 1.82) is 0 Å². The summed E-state index contributed by atoms with van der Waals surface area (Å²) in [6.45, 7) is 68.1. The van der Waals surface area contributed by atoms with Crippen molar-refractivity contribution in [3.8, 4) is 0 Å². The number of alkyl halides is 5. The number of halogens is 5. The number of Topliss-reactive ketones (excluding diaryl/α,β-unsaturated/α-hetero) is 1. The molecule has 18 unspecified atom stereocenters. The Morgan fingerprint density at radius 3 is 0.830 bits per heavy atom. The molecule has 9 heteroatoms. The molecule has 12 aliphatic carbocycles. The third-order valence-corrected chi connectivity index (χ3v) is 33.3. The molecule has 0 aromatic heterocycles. The first kappa shape index (κ1) is 96.4. The number of rotatable bonds is 0. The van der Waals surface area contributed by atoms with E-state index >= 15 is 0 Å². The second-order valence-electron chi connectivity index (χ2n) is 51.5. The SMILES string of the molecule is CC(C)(C)C1C2C=CC1CC2.CC(C)(C)C1C2CCC1CC2.CC(C)(C)C1CC2C(C1)C2(F)F.CC(C)(C)C1CC2CC2C1.CC(C)(C)C1CC2CCC(C1)N2.CC(C)(C)C1CC2CCC(C1)N2.CC(C)(C)C1CC2CCC(C1)O2.CC(C)(C)C1CC2CCC1C2.CC(C)(C)C1CC2CCC1C2.CC(C)=O.CCC(F)(F)F. The Morgan fingerprint density at radius 1 is 0.330 bits per heavy atom. The largest absolute Gasteiger partial charge is 0.388 e. The zero-order valence-corrected chi connectivity index (χ0v) is 79.1. The smallest absolute Gasteiger partial charge is 0.375 e. The van der Waals surface area contributed by atoms with E-state index in [1.54, 1.807) is 19.3 Å². The number of hydrogen-bond acceptors (Lipinski definition) is 4. The van der Waals surface area contributed by atoms with Gasteiger partial charge < -0.3 is 20.2 Å². The van der Waals surface area contributed by atoms with E-state index < -0.39 is 18.5 Å². The lowest BCUT2D eigenvalue weighted by atomic mass is 9.72. The molecule has 0 aromatic rings. The van der Waals surface area contributed by atoms with Gasteiger partial charge in [-0.25, -0.2) is 8.78 Å². The van der Waals surface area contributed by atoms with Crippen molar-refractivity contribution in [2.75, 3.05) is 0 Å². The van der Waals surface area contributed by atoms with Crippen molar-refractivity contribution in [3.63, 3.8) is 0 Å². The van der Waals surface area contributed by atoms with E-state index in [4.69, 9.17) is 4.74 Å². The van der Waals surface area contributed by atoms with Gasteiger partial charge in [-0.15, -0.1) is 0 Å². The van der Waals surface area contributed by atoms with E-state index in [1.807, 2.05) is 0 Å². The summed E-state index contributed by atoms with van der Waals surface area (Å²) >= 11 is 0. The lowest BCUT2D eigenvalue weighted by Crippen LogP contribution is -2.41. The lowest BCUT2D eigenvalue weighted by molar-refractivity contribution is -0.130. The van der Waals surface area contributed by atoms with Crippen molar-refractivity contribution >= 4 is 5.78 Å². The van der Waals surface area contributed by atoms with Crippen LogP contribution in [-0.4, -0.2) is 54.3 Å².